The highest BCUT2D eigenvalue weighted by Crippen LogP contribution is 2.32. The molecule has 0 radical (unpaired) electrons. The lowest BCUT2D eigenvalue weighted by atomic mass is 10.2. The first-order valence-electron chi connectivity index (χ1n) is 5.94. The monoisotopic (exact) mass is 404 g/mol. The maximum Gasteiger partial charge on any atom is 0.182 e. The first kappa shape index (κ1) is 15.0. The van der Waals surface area contributed by atoms with Crippen molar-refractivity contribution in [2.45, 2.75) is 6.92 Å². The van der Waals surface area contributed by atoms with Gasteiger partial charge in [0.1, 0.15) is 5.82 Å². The number of fused-ring (bicyclic) bond motifs is 1. The normalized spacial score (nSPS) is 11.3. The van der Waals surface area contributed by atoms with Crippen LogP contribution in [0.4, 0.5) is 4.39 Å². The van der Waals surface area contributed by atoms with Crippen LogP contribution in [0.5, 0.6) is 0 Å². The maximum atomic E-state index is 13.6. The van der Waals surface area contributed by atoms with E-state index in [2.05, 4.69) is 20.9 Å². The van der Waals surface area contributed by atoms with Gasteiger partial charge in [0.05, 0.1) is 21.7 Å². The third-order valence-corrected chi connectivity index (χ3v) is 4.81. The Balaban J connectivity index is 2.40. The molecule has 0 fully saturated rings. The molecule has 3 rings (SSSR count). The fourth-order valence-electron chi connectivity index (χ4n) is 2.15. The van der Waals surface area contributed by atoms with E-state index in [1.165, 1.54) is 6.07 Å². The number of aromatic amines is 1. The number of benzene rings is 2. The molecule has 3 aromatic rings. The second-order valence-electron chi connectivity index (χ2n) is 4.60. The standard InChI is InChI=1S/C14H8BrCl2FN2S/c1-6-2-7(15)12(3-8(6)16)20-13-4-9(17)10(18)5-11(13)19-14(20)21/h2-5H,1H3,(H,19,21). The molecule has 1 heterocycles. The van der Waals surface area contributed by atoms with Gasteiger partial charge >= 0.3 is 0 Å². The fraction of sp³-hybridized carbons (Fsp3) is 0.0714. The van der Waals surface area contributed by atoms with Crippen molar-refractivity contribution in [2.24, 2.45) is 0 Å². The van der Waals surface area contributed by atoms with Crippen molar-refractivity contribution < 1.29 is 4.39 Å². The lowest BCUT2D eigenvalue weighted by molar-refractivity contribution is 0.630. The Morgan fingerprint density at radius 2 is 1.90 bits per heavy atom. The van der Waals surface area contributed by atoms with Gasteiger partial charge in [-0.1, -0.05) is 23.2 Å². The van der Waals surface area contributed by atoms with E-state index in [9.17, 15) is 4.39 Å². The van der Waals surface area contributed by atoms with Gasteiger partial charge in [0.15, 0.2) is 4.77 Å². The van der Waals surface area contributed by atoms with E-state index < -0.39 is 5.82 Å². The number of hydrogen-bond acceptors (Lipinski definition) is 1. The molecule has 0 aliphatic heterocycles. The van der Waals surface area contributed by atoms with E-state index in [4.69, 9.17) is 35.4 Å². The summed E-state index contributed by atoms with van der Waals surface area (Å²) in [5.74, 6) is -0.492. The van der Waals surface area contributed by atoms with Crippen molar-refractivity contribution in [2.75, 3.05) is 0 Å². The zero-order valence-corrected chi connectivity index (χ0v) is 14.6. The third kappa shape index (κ3) is 2.52. The number of hydrogen-bond donors (Lipinski definition) is 1. The smallest absolute Gasteiger partial charge is 0.182 e. The largest absolute Gasteiger partial charge is 0.330 e. The van der Waals surface area contributed by atoms with Gasteiger partial charge in [0, 0.05) is 15.6 Å². The van der Waals surface area contributed by atoms with Crippen LogP contribution in [-0.2, 0) is 0 Å². The molecule has 0 unspecified atom stereocenters. The van der Waals surface area contributed by atoms with Crippen LogP contribution in [-0.4, -0.2) is 9.55 Å². The van der Waals surface area contributed by atoms with Crippen molar-refractivity contribution in [3.8, 4) is 5.69 Å². The molecule has 0 saturated heterocycles. The summed E-state index contributed by atoms with van der Waals surface area (Å²) in [6, 6.07) is 6.58. The molecule has 2 nitrogen and oxygen atoms in total. The van der Waals surface area contributed by atoms with Gasteiger partial charge < -0.3 is 4.98 Å². The zero-order chi connectivity index (χ0) is 15.3. The molecule has 0 amide bonds. The van der Waals surface area contributed by atoms with E-state index in [0.717, 1.165) is 15.7 Å². The van der Waals surface area contributed by atoms with E-state index in [-0.39, 0.29) is 5.02 Å². The predicted octanol–water partition coefficient (Wildman–Crippen LogP) is 6.20. The molecule has 1 aromatic heterocycles. The second-order valence-corrected chi connectivity index (χ2v) is 6.66. The minimum absolute atomic E-state index is 0.0413. The van der Waals surface area contributed by atoms with E-state index in [1.54, 1.807) is 16.7 Å². The summed E-state index contributed by atoms with van der Waals surface area (Å²) in [7, 11) is 0. The Hall–Kier alpha value is -0.880. The third-order valence-electron chi connectivity index (χ3n) is 3.19. The highest BCUT2D eigenvalue weighted by atomic mass is 79.9. The number of aromatic nitrogens is 2. The second kappa shape index (κ2) is 5.39. The Morgan fingerprint density at radius 1 is 1.19 bits per heavy atom. The number of halogens is 4. The van der Waals surface area contributed by atoms with Crippen LogP contribution < -0.4 is 0 Å². The van der Waals surface area contributed by atoms with Gasteiger partial charge in [-0.2, -0.15) is 0 Å². The van der Waals surface area contributed by atoms with Crippen LogP contribution in [0.2, 0.25) is 10.0 Å². The van der Waals surface area contributed by atoms with Gasteiger partial charge in [-0.3, -0.25) is 4.57 Å². The summed E-state index contributed by atoms with van der Waals surface area (Å²) in [5.41, 5.74) is 2.98. The molecule has 7 heteroatoms. The summed E-state index contributed by atoms with van der Waals surface area (Å²) in [5, 5.41) is 0.664. The molecule has 108 valence electrons. The number of H-pyrrole nitrogens is 1. The van der Waals surface area contributed by atoms with Crippen LogP contribution in [0.3, 0.4) is 0 Å². The number of nitrogens with one attached hydrogen (secondary N) is 1. The Bertz CT molecular complexity index is 933. The predicted molar refractivity (Wildman–Crippen MR) is 90.9 cm³/mol. The molecule has 0 aliphatic carbocycles. The van der Waals surface area contributed by atoms with Gasteiger partial charge in [0.2, 0.25) is 0 Å². The Kier molecular flexibility index (Phi) is 3.86. The topological polar surface area (TPSA) is 20.7 Å². The molecular formula is C14H8BrCl2FN2S. The Morgan fingerprint density at radius 3 is 2.62 bits per heavy atom. The fourth-order valence-corrected chi connectivity index (χ4v) is 3.41. The first-order chi connectivity index (χ1) is 9.88. The van der Waals surface area contributed by atoms with Gasteiger partial charge in [-0.05, 0) is 58.8 Å². The molecule has 0 saturated carbocycles. The zero-order valence-electron chi connectivity index (χ0n) is 10.7. The minimum atomic E-state index is -0.492. The van der Waals surface area contributed by atoms with Crippen LogP contribution in [0.25, 0.3) is 16.7 Å². The minimum Gasteiger partial charge on any atom is -0.330 e. The van der Waals surface area contributed by atoms with Gasteiger partial charge in [-0.15, -0.1) is 0 Å². The van der Waals surface area contributed by atoms with Gasteiger partial charge in [0.25, 0.3) is 0 Å². The number of nitrogens with zero attached hydrogens (tertiary/aromatic N) is 1. The molecule has 0 aliphatic rings. The maximum absolute atomic E-state index is 13.6. The molecule has 0 bridgehead atoms. The lowest BCUT2D eigenvalue weighted by Gasteiger charge is -2.10. The molecule has 21 heavy (non-hydrogen) atoms. The molecule has 0 spiro atoms. The molecule has 2 aromatic carbocycles. The first-order valence-corrected chi connectivity index (χ1v) is 7.90. The summed E-state index contributed by atoms with van der Waals surface area (Å²) < 4.78 is 16.6. The van der Waals surface area contributed by atoms with Crippen molar-refractivity contribution in [1.29, 1.82) is 0 Å². The van der Waals surface area contributed by atoms with Crippen LogP contribution in [0.15, 0.2) is 28.7 Å². The summed E-state index contributed by atoms with van der Waals surface area (Å²) in [6.45, 7) is 1.91. The van der Waals surface area contributed by atoms with Crippen LogP contribution in [0, 0.1) is 17.5 Å². The average Bonchev–Trinajstić information content (AvgIpc) is 2.70. The molecule has 0 atom stereocenters. The molecule has 1 N–H and O–H groups in total. The number of aryl methyl sites for hydroxylation is 1. The number of imidazole rings is 1. The Labute approximate surface area is 143 Å². The van der Waals surface area contributed by atoms with E-state index in [0.29, 0.717) is 20.8 Å². The SMILES string of the molecule is Cc1cc(Br)c(-n2c(=S)[nH]c3cc(F)c(Cl)cc32)cc1Cl. The van der Waals surface area contributed by atoms with Crippen molar-refractivity contribution in [1.82, 2.24) is 9.55 Å². The quantitative estimate of drug-likeness (QED) is 0.477. The van der Waals surface area contributed by atoms with Crippen molar-refractivity contribution in [3.63, 3.8) is 0 Å². The van der Waals surface area contributed by atoms with Crippen LogP contribution >= 0.6 is 51.3 Å². The van der Waals surface area contributed by atoms with Crippen molar-refractivity contribution >= 4 is 62.4 Å². The number of rotatable bonds is 1. The summed E-state index contributed by atoms with van der Waals surface area (Å²) in [4.78, 5) is 2.97. The van der Waals surface area contributed by atoms with Crippen molar-refractivity contribution in [3.05, 3.63) is 54.9 Å². The average molecular weight is 406 g/mol. The van der Waals surface area contributed by atoms with E-state index >= 15 is 0 Å². The van der Waals surface area contributed by atoms with Gasteiger partial charge in [-0.25, -0.2) is 4.39 Å². The highest BCUT2D eigenvalue weighted by Gasteiger charge is 2.13. The lowest BCUT2D eigenvalue weighted by Crippen LogP contribution is -1.96. The highest BCUT2D eigenvalue weighted by molar-refractivity contribution is 9.10. The molecular weight excluding hydrogens is 398 g/mol. The summed E-state index contributed by atoms with van der Waals surface area (Å²) >= 11 is 20.9. The van der Waals surface area contributed by atoms with E-state index in [1.807, 2.05) is 13.0 Å². The van der Waals surface area contributed by atoms with Crippen LogP contribution in [0.1, 0.15) is 5.56 Å². The summed E-state index contributed by atoms with van der Waals surface area (Å²) in [6.07, 6.45) is 0.